The number of anilines is 1. The third-order valence-electron chi connectivity index (χ3n) is 6.47. The van der Waals surface area contributed by atoms with Crippen molar-refractivity contribution in [2.45, 2.75) is 44.2 Å². The molecule has 190 valence electrons. The maximum atomic E-state index is 11.7. The number of aryl methyl sites for hydroxylation is 2. The van der Waals surface area contributed by atoms with Crippen LogP contribution in [-0.4, -0.2) is 43.7 Å². The van der Waals surface area contributed by atoms with Crippen molar-refractivity contribution in [1.82, 2.24) is 9.88 Å². The minimum Gasteiger partial charge on any atom is -0.438 e. The zero-order chi connectivity index (χ0) is 26.6. The minimum atomic E-state index is -3.20. The summed E-state index contributed by atoms with van der Waals surface area (Å²) in [7, 11) is -3.20. The van der Waals surface area contributed by atoms with Crippen molar-refractivity contribution < 1.29 is 13.2 Å². The standard InChI is InChI=1S/C28H29N5O3S/c1-19-14-22(16-29)15-20(2)27(19)36-26-9-6-23(17-30)28(32-26)31-24-10-12-33(13-11-24)18-21-4-7-25(8-5-21)37(3,34)35/h4-9,14-15,24H,10-13,18H2,1-3H3,(H,31,32). The van der Waals surface area contributed by atoms with Crippen molar-refractivity contribution in [3.05, 3.63) is 76.3 Å². The molecule has 1 aliphatic heterocycles. The number of nitriles is 2. The first-order valence-electron chi connectivity index (χ1n) is 12.0. The van der Waals surface area contributed by atoms with Crippen LogP contribution in [-0.2, 0) is 16.4 Å². The van der Waals surface area contributed by atoms with Gasteiger partial charge in [0.2, 0.25) is 5.88 Å². The Hall–Kier alpha value is -3.92. The number of aromatic nitrogens is 1. The number of likely N-dealkylation sites (tertiary alicyclic amines) is 1. The summed E-state index contributed by atoms with van der Waals surface area (Å²) in [5.74, 6) is 1.53. The van der Waals surface area contributed by atoms with Gasteiger partial charge < -0.3 is 10.1 Å². The van der Waals surface area contributed by atoms with Gasteiger partial charge in [0.05, 0.1) is 22.1 Å². The topological polar surface area (TPSA) is 119 Å². The third-order valence-corrected chi connectivity index (χ3v) is 7.60. The molecule has 0 unspecified atom stereocenters. The zero-order valence-electron chi connectivity index (χ0n) is 21.2. The molecule has 0 radical (unpaired) electrons. The molecular weight excluding hydrogens is 486 g/mol. The second kappa shape index (κ2) is 11.0. The number of ether oxygens (including phenoxy) is 1. The Balaban J connectivity index is 1.39. The smallest absolute Gasteiger partial charge is 0.221 e. The summed E-state index contributed by atoms with van der Waals surface area (Å²) < 4.78 is 29.4. The lowest BCUT2D eigenvalue weighted by Gasteiger charge is -2.32. The number of piperidine rings is 1. The number of pyridine rings is 1. The van der Waals surface area contributed by atoms with Crippen LogP contribution in [0.5, 0.6) is 11.6 Å². The highest BCUT2D eigenvalue weighted by atomic mass is 32.2. The molecule has 0 aliphatic carbocycles. The molecule has 4 rings (SSSR count). The van der Waals surface area contributed by atoms with E-state index in [-0.39, 0.29) is 6.04 Å². The molecule has 37 heavy (non-hydrogen) atoms. The lowest BCUT2D eigenvalue weighted by molar-refractivity contribution is 0.211. The van der Waals surface area contributed by atoms with Crippen LogP contribution in [0, 0.1) is 36.5 Å². The van der Waals surface area contributed by atoms with Gasteiger partial charge in [0.25, 0.3) is 0 Å². The first-order valence-corrected chi connectivity index (χ1v) is 13.9. The van der Waals surface area contributed by atoms with E-state index in [1.54, 1.807) is 36.4 Å². The number of benzene rings is 2. The van der Waals surface area contributed by atoms with E-state index in [1.807, 2.05) is 26.0 Å². The molecule has 0 saturated carbocycles. The molecular formula is C28H29N5O3S. The van der Waals surface area contributed by atoms with E-state index in [4.69, 9.17) is 4.74 Å². The first-order chi connectivity index (χ1) is 17.7. The van der Waals surface area contributed by atoms with Crippen molar-refractivity contribution >= 4 is 15.7 Å². The van der Waals surface area contributed by atoms with Crippen LogP contribution in [0.25, 0.3) is 0 Å². The Morgan fingerprint density at radius 1 is 1.03 bits per heavy atom. The van der Waals surface area contributed by atoms with Gasteiger partial charge in [-0.25, -0.2) is 8.42 Å². The van der Waals surface area contributed by atoms with Gasteiger partial charge in [-0.15, -0.1) is 0 Å². The monoisotopic (exact) mass is 515 g/mol. The van der Waals surface area contributed by atoms with Crippen molar-refractivity contribution in [3.63, 3.8) is 0 Å². The van der Waals surface area contributed by atoms with E-state index >= 15 is 0 Å². The molecule has 0 amide bonds. The number of hydrogen-bond donors (Lipinski definition) is 1. The highest BCUT2D eigenvalue weighted by Crippen LogP contribution is 2.30. The third kappa shape index (κ3) is 6.45. The SMILES string of the molecule is Cc1cc(C#N)cc(C)c1Oc1ccc(C#N)c(NC2CCN(Cc3ccc(S(C)(=O)=O)cc3)CC2)n1. The van der Waals surface area contributed by atoms with E-state index in [1.165, 1.54) is 6.26 Å². The van der Waals surface area contributed by atoms with Crippen molar-refractivity contribution in [2.75, 3.05) is 24.7 Å². The molecule has 1 saturated heterocycles. The lowest BCUT2D eigenvalue weighted by Crippen LogP contribution is -2.38. The number of hydrogen-bond acceptors (Lipinski definition) is 8. The van der Waals surface area contributed by atoms with Crippen LogP contribution in [0.15, 0.2) is 53.4 Å². The maximum Gasteiger partial charge on any atom is 0.221 e. The van der Waals surface area contributed by atoms with Crippen LogP contribution in [0.1, 0.15) is 40.7 Å². The average molecular weight is 516 g/mol. The van der Waals surface area contributed by atoms with Gasteiger partial charge in [-0.05, 0) is 73.7 Å². The van der Waals surface area contributed by atoms with Crippen molar-refractivity contribution in [2.24, 2.45) is 0 Å². The van der Waals surface area contributed by atoms with Crippen LogP contribution in [0.3, 0.4) is 0 Å². The highest BCUT2D eigenvalue weighted by Gasteiger charge is 2.21. The average Bonchev–Trinajstić information content (AvgIpc) is 2.87. The molecule has 1 aliphatic rings. The molecule has 2 aromatic carbocycles. The Labute approximate surface area is 218 Å². The van der Waals surface area contributed by atoms with Gasteiger partial charge in [-0.1, -0.05) is 12.1 Å². The Morgan fingerprint density at radius 3 is 2.24 bits per heavy atom. The van der Waals surface area contributed by atoms with Gasteiger partial charge in [0.15, 0.2) is 9.84 Å². The number of nitrogens with zero attached hydrogens (tertiary/aromatic N) is 4. The number of rotatable bonds is 7. The van der Waals surface area contributed by atoms with Gasteiger partial charge in [0.1, 0.15) is 17.6 Å². The second-order valence-electron chi connectivity index (χ2n) is 9.42. The number of sulfone groups is 1. The Morgan fingerprint density at radius 2 is 1.68 bits per heavy atom. The van der Waals surface area contributed by atoms with Crippen molar-refractivity contribution in [3.8, 4) is 23.8 Å². The summed E-state index contributed by atoms with van der Waals surface area (Å²) in [6.07, 6.45) is 2.98. The summed E-state index contributed by atoms with van der Waals surface area (Å²) in [6.45, 7) is 6.27. The van der Waals surface area contributed by atoms with E-state index < -0.39 is 9.84 Å². The van der Waals surface area contributed by atoms with E-state index in [2.05, 4.69) is 27.3 Å². The molecule has 3 aromatic rings. The largest absolute Gasteiger partial charge is 0.438 e. The summed E-state index contributed by atoms with van der Waals surface area (Å²) in [4.78, 5) is 7.25. The molecule has 9 heteroatoms. The summed E-state index contributed by atoms with van der Waals surface area (Å²) in [5.41, 5.74) is 3.79. The summed E-state index contributed by atoms with van der Waals surface area (Å²) >= 11 is 0. The number of nitrogens with one attached hydrogen (secondary N) is 1. The minimum absolute atomic E-state index is 0.164. The van der Waals surface area contributed by atoms with Gasteiger partial charge in [-0.3, -0.25) is 4.90 Å². The molecule has 8 nitrogen and oxygen atoms in total. The normalized spacial score (nSPS) is 14.5. The zero-order valence-corrected chi connectivity index (χ0v) is 22.0. The van der Waals surface area contributed by atoms with Crippen LogP contribution in [0.2, 0.25) is 0 Å². The van der Waals surface area contributed by atoms with E-state index in [0.717, 1.165) is 49.2 Å². The second-order valence-corrected chi connectivity index (χ2v) is 11.4. The summed E-state index contributed by atoms with van der Waals surface area (Å²) in [6, 6.07) is 18.5. The Kier molecular flexibility index (Phi) is 7.77. The molecule has 0 atom stereocenters. The molecule has 1 N–H and O–H groups in total. The van der Waals surface area contributed by atoms with Crippen molar-refractivity contribution in [1.29, 1.82) is 10.5 Å². The van der Waals surface area contributed by atoms with Crippen LogP contribution < -0.4 is 10.1 Å². The lowest BCUT2D eigenvalue weighted by atomic mass is 10.0. The van der Waals surface area contributed by atoms with Gasteiger partial charge in [-0.2, -0.15) is 15.5 Å². The molecule has 0 bridgehead atoms. The van der Waals surface area contributed by atoms with Crippen LogP contribution in [0.4, 0.5) is 5.82 Å². The fourth-order valence-corrected chi connectivity index (χ4v) is 5.14. The predicted molar refractivity (Wildman–Crippen MR) is 141 cm³/mol. The quantitative estimate of drug-likeness (QED) is 0.480. The van der Waals surface area contributed by atoms with E-state index in [0.29, 0.717) is 33.5 Å². The Bertz CT molecular complexity index is 1460. The molecule has 1 aromatic heterocycles. The van der Waals surface area contributed by atoms with Crippen LogP contribution >= 0.6 is 0 Å². The summed E-state index contributed by atoms with van der Waals surface area (Å²) in [5, 5.41) is 22.2. The first kappa shape index (κ1) is 26.2. The maximum absolute atomic E-state index is 11.7. The molecule has 0 spiro atoms. The van der Waals surface area contributed by atoms with Gasteiger partial charge in [0, 0.05) is 38.0 Å². The highest BCUT2D eigenvalue weighted by molar-refractivity contribution is 7.90. The molecule has 1 fully saturated rings. The van der Waals surface area contributed by atoms with Gasteiger partial charge >= 0.3 is 0 Å². The fraction of sp³-hybridized carbons (Fsp3) is 0.321. The predicted octanol–water partition coefficient (Wildman–Crippen LogP) is 4.71. The fourth-order valence-electron chi connectivity index (χ4n) is 4.51. The molecule has 2 heterocycles. The van der Waals surface area contributed by atoms with E-state index in [9.17, 15) is 18.9 Å².